The second-order valence-electron chi connectivity index (χ2n) is 6.33. The van der Waals surface area contributed by atoms with Crippen molar-refractivity contribution in [2.75, 3.05) is 0 Å². The molecule has 2 aromatic carbocycles. The van der Waals surface area contributed by atoms with Crippen molar-refractivity contribution in [2.45, 2.75) is 38.7 Å². The highest BCUT2D eigenvalue weighted by molar-refractivity contribution is 14.1. The Labute approximate surface area is 149 Å². The normalized spacial score (nSPS) is 13.2. The quantitative estimate of drug-likeness (QED) is 0.591. The molecule has 0 aliphatic heterocycles. The number of hydrogen-bond donors (Lipinski definition) is 1. The van der Waals surface area contributed by atoms with Gasteiger partial charge in [-0.3, -0.25) is 0 Å². The van der Waals surface area contributed by atoms with Crippen molar-refractivity contribution >= 4 is 38.5 Å². The van der Waals surface area contributed by atoms with E-state index in [1.807, 2.05) is 18.2 Å². The number of hydrogen-bond acceptors (Lipinski definition) is 1. The zero-order valence-corrected chi connectivity index (χ0v) is 16.3. The molecule has 0 heterocycles. The predicted molar refractivity (Wildman–Crippen MR) is 101 cm³/mol. The summed E-state index contributed by atoms with van der Waals surface area (Å²) in [6, 6.07) is 14.6. The molecule has 21 heavy (non-hydrogen) atoms. The molecule has 3 heteroatoms. The van der Waals surface area contributed by atoms with Crippen molar-refractivity contribution in [1.82, 2.24) is 0 Å². The van der Waals surface area contributed by atoms with E-state index in [4.69, 9.17) is 0 Å². The van der Waals surface area contributed by atoms with Crippen LogP contribution in [0.4, 0.5) is 0 Å². The Morgan fingerprint density at radius 2 is 1.71 bits per heavy atom. The van der Waals surface area contributed by atoms with Crippen LogP contribution < -0.4 is 0 Å². The molecule has 2 aromatic rings. The van der Waals surface area contributed by atoms with E-state index >= 15 is 0 Å². The third-order valence-electron chi connectivity index (χ3n) is 3.57. The first-order valence-electron chi connectivity index (χ1n) is 7.00. The third-order valence-corrected chi connectivity index (χ3v) is 4.96. The number of aliphatic hydroxyl groups excluding tert-OH is 1. The van der Waals surface area contributed by atoms with E-state index in [0.29, 0.717) is 6.42 Å². The molecule has 1 nitrogen and oxygen atoms in total. The number of benzene rings is 2. The lowest BCUT2D eigenvalue weighted by atomic mass is 9.86. The van der Waals surface area contributed by atoms with E-state index in [1.165, 1.54) is 5.56 Å². The van der Waals surface area contributed by atoms with Crippen molar-refractivity contribution in [3.8, 4) is 0 Å². The van der Waals surface area contributed by atoms with Gasteiger partial charge < -0.3 is 5.11 Å². The van der Waals surface area contributed by atoms with E-state index < -0.39 is 6.10 Å². The average molecular weight is 459 g/mol. The van der Waals surface area contributed by atoms with Crippen LogP contribution in [0.2, 0.25) is 0 Å². The maximum atomic E-state index is 10.5. The summed E-state index contributed by atoms with van der Waals surface area (Å²) in [6.07, 6.45) is 0.137. The van der Waals surface area contributed by atoms with Crippen LogP contribution in [0, 0.1) is 3.57 Å². The molecule has 1 N–H and O–H groups in total. The lowest BCUT2D eigenvalue weighted by Gasteiger charge is -2.20. The van der Waals surface area contributed by atoms with Crippen LogP contribution in [-0.4, -0.2) is 5.11 Å². The highest BCUT2D eigenvalue weighted by Gasteiger charge is 2.15. The first kappa shape index (κ1) is 17.0. The lowest BCUT2D eigenvalue weighted by molar-refractivity contribution is 0.177. The summed E-state index contributed by atoms with van der Waals surface area (Å²) < 4.78 is 2.09. The Kier molecular flexibility index (Phi) is 5.49. The molecule has 0 amide bonds. The van der Waals surface area contributed by atoms with Crippen LogP contribution in [0.15, 0.2) is 46.9 Å². The van der Waals surface area contributed by atoms with E-state index in [0.717, 1.165) is 19.2 Å². The van der Waals surface area contributed by atoms with Gasteiger partial charge in [-0.1, -0.05) is 61.0 Å². The first-order chi connectivity index (χ1) is 9.77. The van der Waals surface area contributed by atoms with Gasteiger partial charge in [0.1, 0.15) is 0 Å². The molecule has 2 rings (SSSR count). The zero-order chi connectivity index (χ0) is 15.6. The van der Waals surface area contributed by atoms with E-state index in [9.17, 15) is 5.11 Å². The Balaban J connectivity index is 2.16. The number of halogens is 2. The smallest absolute Gasteiger partial charge is 0.0841 e. The Morgan fingerprint density at radius 1 is 1.10 bits per heavy atom. The summed E-state index contributed by atoms with van der Waals surface area (Å²) in [5.41, 5.74) is 3.58. The van der Waals surface area contributed by atoms with Crippen LogP contribution in [-0.2, 0) is 11.8 Å². The zero-order valence-electron chi connectivity index (χ0n) is 12.5. The minimum absolute atomic E-state index is 0.162. The van der Waals surface area contributed by atoms with Crippen molar-refractivity contribution in [3.05, 3.63) is 67.2 Å². The van der Waals surface area contributed by atoms with Gasteiger partial charge >= 0.3 is 0 Å². The second-order valence-corrected chi connectivity index (χ2v) is 8.43. The average Bonchev–Trinajstić information content (AvgIpc) is 2.41. The first-order valence-corrected chi connectivity index (χ1v) is 8.87. The fraction of sp³-hybridized carbons (Fsp3) is 0.333. The van der Waals surface area contributed by atoms with Crippen LogP contribution in [0.3, 0.4) is 0 Å². The van der Waals surface area contributed by atoms with Crippen molar-refractivity contribution in [2.24, 2.45) is 0 Å². The summed E-state index contributed by atoms with van der Waals surface area (Å²) in [7, 11) is 0. The monoisotopic (exact) mass is 458 g/mol. The van der Waals surface area contributed by atoms with Gasteiger partial charge in [0.25, 0.3) is 0 Å². The summed E-state index contributed by atoms with van der Waals surface area (Å²) in [4.78, 5) is 0. The van der Waals surface area contributed by atoms with Gasteiger partial charge in [0, 0.05) is 14.5 Å². The van der Waals surface area contributed by atoms with Gasteiger partial charge in [0.05, 0.1) is 6.10 Å². The maximum Gasteiger partial charge on any atom is 0.0841 e. The van der Waals surface area contributed by atoms with Crippen molar-refractivity contribution in [3.63, 3.8) is 0 Å². The minimum Gasteiger partial charge on any atom is -0.388 e. The lowest BCUT2D eigenvalue weighted by Crippen LogP contribution is -2.11. The molecule has 1 unspecified atom stereocenters. The molecule has 0 aliphatic rings. The summed E-state index contributed by atoms with van der Waals surface area (Å²) in [6.45, 7) is 6.62. The van der Waals surface area contributed by atoms with E-state index in [-0.39, 0.29) is 5.41 Å². The second kappa shape index (κ2) is 6.80. The van der Waals surface area contributed by atoms with Crippen LogP contribution in [0.5, 0.6) is 0 Å². The SMILES string of the molecule is CC(C)(C)c1ccc(CC(O)c2cc(I)ccc2Br)cc1. The molecule has 0 aliphatic carbocycles. The molecular weight excluding hydrogens is 439 g/mol. The topological polar surface area (TPSA) is 20.2 Å². The van der Waals surface area contributed by atoms with Gasteiger partial charge in [0.15, 0.2) is 0 Å². The molecular formula is C18H20BrIO. The highest BCUT2D eigenvalue weighted by Crippen LogP contribution is 2.29. The maximum absolute atomic E-state index is 10.5. The largest absolute Gasteiger partial charge is 0.388 e. The highest BCUT2D eigenvalue weighted by atomic mass is 127. The van der Waals surface area contributed by atoms with Gasteiger partial charge in [-0.2, -0.15) is 0 Å². The van der Waals surface area contributed by atoms with Gasteiger partial charge in [0.2, 0.25) is 0 Å². The number of aliphatic hydroxyl groups is 1. The molecule has 0 radical (unpaired) electrons. The fourth-order valence-electron chi connectivity index (χ4n) is 2.24. The Hall–Kier alpha value is -0.390. The molecule has 0 saturated heterocycles. The summed E-state index contributed by atoms with van der Waals surface area (Å²) in [5, 5.41) is 10.5. The molecule has 0 bridgehead atoms. The predicted octanol–water partition coefficient (Wildman–Crippen LogP) is 5.63. The standard InChI is InChI=1S/C18H20BrIO/c1-18(2,3)13-6-4-12(5-7-13)10-17(21)15-11-14(20)8-9-16(15)19/h4-9,11,17,21H,10H2,1-3H3. The van der Waals surface area contributed by atoms with Crippen LogP contribution >= 0.6 is 38.5 Å². The van der Waals surface area contributed by atoms with Crippen LogP contribution in [0.1, 0.15) is 43.6 Å². The minimum atomic E-state index is -0.491. The van der Waals surface area contributed by atoms with E-state index in [1.54, 1.807) is 0 Å². The van der Waals surface area contributed by atoms with Gasteiger partial charge in [-0.25, -0.2) is 0 Å². The van der Waals surface area contributed by atoms with Crippen molar-refractivity contribution < 1.29 is 5.11 Å². The molecule has 0 spiro atoms. The summed E-state index contributed by atoms with van der Waals surface area (Å²) >= 11 is 5.79. The Morgan fingerprint density at radius 3 is 2.29 bits per heavy atom. The molecule has 1 atom stereocenters. The summed E-state index contributed by atoms with van der Waals surface area (Å²) in [5.74, 6) is 0. The number of rotatable bonds is 3. The Bertz CT molecular complexity index is 614. The van der Waals surface area contributed by atoms with Gasteiger partial charge in [-0.05, 0) is 62.9 Å². The molecule has 0 aromatic heterocycles. The molecule has 112 valence electrons. The van der Waals surface area contributed by atoms with Gasteiger partial charge in [-0.15, -0.1) is 0 Å². The molecule has 0 fully saturated rings. The fourth-order valence-corrected chi connectivity index (χ4v) is 3.27. The molecule has 0 saturated carbocycles. The third kappa shape index (κ3) is 4.54. The van der Waals surface area contributed by atoms with Crippen LogP contribution in [0.25, 0.3) is 0 Å². The van der Waals surface area contributed by atoms with Crippen molar-refractivity contribution in [1.29, 1.82) is 0 Å². The van der Waals surface area contributed by atoms with E-state index in [2.05, 4.69) is 83.6 Å².